The maximum absolute atomic E-state index is 11.2. The minimum atomic E-state index is -0.0323. The second kappa shape index (κ2) is 3.89. The minimum absolute atomic E-state index is 0.0323. The number of carbonyl (C=O) groups is 1. The SMILES string of the molecule is Nc1sc2c(c1C1=NC(=O)CS1)CCCC2. The summed E-state index contributed by atoms with van der Waals surface area (Å²) in [5, 5.41) is 1.69. The average Bonchev–Trinajstić information content (AvgIpc) is 2.80. The monoisotopic (exact) mass is 252 g/mol. The summed E-state index contributed by atoms with van der Waals surface area (Å²) in [5.41, 5.74) is 8.48. The number of thioether (sulfide) groups is 1. The number of amides is 1. The van der Waals surface area contributed by atoms with Gasteiger partial charge < -0.3 is 5.73 Å². The van der Waals surface area contributed by atoms with Crippen molar-refractivity contribution < 1.29 is 4.79 Å². The predicted octanol–water partition coefficient (Wildman–Crippen LogP) is 2.23. The summed E-state index contributed by atoms with van der Waals surface area (Å²) >= 11 is 3.20. The summed E-state index contributed by atoms with van der Waals surface area (Å²) in [4.78, 5) is 16.7. The molecule has 84 valence electrons. The quantitative estimate of drug-likeness (QED) is 0.834. The molecule has 1 aromatic rings. The molecule has 0 unspecified atom stereocenters. The van der Waals surface area contributed by atoms with Gasteiger partial charge in [-0.2, -0.15) is 0 Å². The highest BCUT2D eigenvalue weighted by Crippen LogP contribution is 2.39. The molecule has 0 radical (unpaired) electrons. The van der Waals surface area contributed by atoms with E-state index in [1.807, 2.05) is 0 Å². The Morgan fingerprint density at radius 2 is 2.06 bits per heavy atom. The van der Waals surface area contributed by atoms with Crippen molar-refractivity contribution in [3.8, 4) is 0 Å². The molecular weight excluding hydrogens is 240 g/mol. The van der Waals surface area contributed by atoms with Crippen LogP contribution in [0.15, 0.2) is 4.99 Å². The molecule has 0 bridgehead atoms. The zero-order chi connectivity index (χ0) is 11.1. The van der Waals surface area contributed by atoms with Gasteiger partial charge in [-0.15, -0.1) is 11.3 Å². The van der Waals surface area contributed by atoms with E-state index in [1.54, 1.807) is 11.3 Å². The Balaban J connectivity index is 2.09. The van der Waals surface area contributed by atoms with E-state index in [2.05, 4.69) is 4.99 Å². The molecule has 2 N–H and O–H groups in total. The zero-order valence-electron chi connectivity index (χ0n) is 8.78. The third-order valence-corrected chi connectivity index (χ3v) is 5.05. The first kappa shape index (κ1) is 10.4. The van der Waals surface area contributed by atoms with Crippen LogP contribution >= 0.6 is 23.1 Å². The molecule has 1 aliphatic carbocycles. The Kier molecular flexibility index (Phi) is 2.52. The van der Waals surface area contributed by atoms with Gasteiger partial charge >= 0.3 is 0 Å². The van der Waals surface area contributed by atoms with Gasteiger partial charge in [0.05, 0.1) is 10.8 Å². The Morgan fingerprint density at radius 1 is 1.25 bits per heavy atom. The Bertz CT molecular complexity index is 490. The predicted molar refractivity (Wildman–Crippen MR) is 69.4 cm³/mol. The molecule has 0 atom stereocenters. The summed E-state index contributed by atoms with van der Waals surface area (Å²) in [6.45, 7) is 0. The summed E-state index contributed by atoms with van der Waals surface area (Å²) in [6, 6.07) is 0. The molecule has 1 aromatic heterocycles. The van der Waals surface area contributed by atoms with Gasteiger partial charge in [0.15, 0.2) is 0 Å². The maximum Gasteiger partial charge on any atom is 0.257 e. The standard InChI is InChI=1S/C11H12N2OS2/c12-10-9(11-13-8(14)5-15-11)6-3-1-2-4-7(6)16-10/h1-5,12H2. The molecule has 16 heavy (non-hydrogen) atoms. The van der Waals surface area contributed by atoms with Crippen LogP contribution in [-0.4, -0.2) is 16.7 Å². The molecule has 1 amide bonds. The molecule has 1 aliphatic heterocycles. The van der Waals surface area contributed by atoms with Crippen LogP contribution in [0.4, 0.5) is 5.00 Å². The van der Waals surface area contributed by atoms with Crippen LogP contribution < -0.4 is 5.73 Å². The average molecular weight is 252 g/mol. The summed E-state index contributed by atoms with van der Waals surface area (Å²) in [5.74, 6) is 0.439. The van der Waals surface area contributed by atoms with E-state index in [0.717, 1.165) is 28.4 Å². The normalized spacial score (nSPS) is 19.8. The van der Waals surface area contributed by atoms with E-state index in [-0.39, 0.29) is 5.91 Å². The lowest BCUT2D eigenvalue weighted by molar-refractivity contribution is -0.115. The third kappa shape index (κ3) is 1.58. The number of anilines is 1. The molecule has 2 aliphatic rings. The highest BCUT2D eigenvalue weighted by molar-refractivity contribution is 8.15. The number of hydrogen-bond donors (Lipinski definition) is 1. The van der Waals surface area contributed by atoms with Gasteiger partial charge in [0.2, 0.25) is 0 Å². The molecule has 0 saturated heterocycles. The number of carbonyl (C=O) groups excluding carboxylic acids is 1. The van der Waals surface area contributed by atoms with Gasteiger partial charge in [-0.3, -0.25) is 4.79 Å². The number of nitrogens with zero attached hydrogens (tertiary/aromatic N) is 1. The van der Waals surface area contributed by atoms with Crippen molar-refractivity contribution in [1.82, 2.24) is 0 Å². The lowest BCUT2D eigenvalue weighted by atomic mass is 9.96. The van der Waals surface area contributed by atoms with E-state index in [4.69, 9.17) is 5.73 Å². The molecule has 3 rings (SSSR count). The van der Waals surface area contributed by atoms with Crippen molar-refractivity contribution in [1.29, 1.82) is 0 Å². The summed E-state index contributed by atoms with van der Waals surface area (Å²) < 4.78 is 0. The van der Waals surface area contributed by atoms with Crippen molar-refractivity contribution in [2.75, 3.05) is 11.5 Å². The maximum atomic E-state index is 11.2. The topological polar surface area (TPSA) is 55.4 Å². The van der Waals surface area contributed by atoms with Gasteiger partial charge in [0.25, 0.3) is 5.91 Å². The fourth-order valence-electron chi connectivity index (χ4n) is 2.26. The van der Waals surface area contributed by atoms with Gasteiger partial charge in [0, 0.05) is 10.4 Å². The number of nitrogen functional groups attached to an aromatic ring is 1. The molecule has 3 nitrogen and oxygen atoms in total. The Morgan fingerprint density at radius 3 is 2.81 bits per heavy atom. The first-order valence-electron chi connectivity index (χ1n) is 5.40. The minimum Gasteiger partial charge on any atom is -0.390 e. The first-order valence-corrected chi connectivity index (χ1v) is 7.20. The number of thiophene rings is 1. The number of aryl methyl sites for hydroxylation is 1. The molecule has 0 aromatic carbocycles. The zero-order valence-corrected chi connectivity index (χ0v) is 10.4. The summed E-state index contributed by atoms with van der Waals surface area (Å²) in [7, 11) is 0. The second-order valence-electron chi connectivity index (χ2n) is 4.05. The lowest BCUT2D eigenvalue weighted by Crippen LogP contribution is -2.05. The van der Waals surface area contributed by atoms with Gasteiger partial charge in [-0.1, -0.05) is 11.8 Å². The molecule has 2 heterocycles. The van der Waals surface area contributed by atoms with Crippen LogP contribution in [0.25, 0.3) is 0 Å². The van der Waals surface area contributed by atoms with E-state index in [1.165, 1.54) is 35.0 Å². The van der Waals surface area contributed by atoms with Gasteiger partial charge in [0.1, 0.15) is 5.04 Å². The third-order valence-electron chi connectivity index (χ3n) is 2.97. The molecule has 0 fully saturated rings. The highest BCUT2D eigenvalue weighted by atomic mass is 32.2. The van der Waals surface area contributed by atoms with E-state index in [9.17, 15) is 4.79 Å². The number of nitrogens with two attached hydrogens (primary N) is 1. The second-order valence-corrected chi connectivity index (χ2v) is 6.15. The Labute approximate surface area is 102 Å². The van der Waals surface area contributed by atoms with Crippen molar-refractivity contribution in [2.45, 2.75) is 25.7 Å². The number of rotatable bonds is 1. The molecule has 0 spiro atoms. The van der Waals surface area contributed by atoms with E-state index < -0.39 is 0 Å². The van der Waals surface area contributed by atoms with Gasteiger partial charge in [-0.05, 0) is 31.2 Å². The van der Waals surface area contributed by atoms with Crippen LogP contribution in [0.1, 0.15) is 28.8 Å². The number of hydrogen-bond acceptors (Lipinski definition) is 4. The fourth-order valence-corrected chi connectivity index (χ4v) is 4.35. The fraction of sp³-hybridized carbons (Fsp3) is 0.455. The lowest BCUT2D eigenvalue weighted by Gasteiger charge is -2.12. The first-order chi connectivity index (χ1) is 7.75. The van der Waals surface area contributed by atoms with Crippen molar-refractivity contribution in [3.05, 3.63) is 16.0 Å². The largest absolute Gasteiger partial charge is 0.390 e. The van der Waals surface area contributed by atoms with E-state index in [0.29, 0.717) is 5.75 Å². The van der Waals surface area contributed by atoms with Gasteiger partial charge in [-0.25, -0.2) is 4.99 Å². The summed E-state index contributed by atoms with van der Waals surface area (Å²) in [6.07, 6.45) is 4.70. The van der Waals surface area contributed by atoms with Crippen molar-refractivity contribution in [2.24, 2.45) is 4.99 Å². The van der Waals surface area contributed by atoms with Crippen molar-refractivity contribution in [3.63, 3.8) is 0 Å². The van der Waals surface area contributed by atoms with Crippen LogP contribution in [0.5, 0.6) is 0 Å². The van der Waals surface area contributed by atoms with E-state index >= 15 is 0 Å². The molecular formula is C11H12N2OS2. The highest BCUT2D eigenvalue weighted by Gasteiger charge is 2.26. The van der Waals surface area contributed by atoms with Crippen LogP contribution in [0, 0.1) is 0 Å². The van der Waals surface area contributed by atoms with Crippen LogP contribution in [0.2, 0.25) is 0 Å². The van der Waals surface area contributed by atoms with Crippen LogP contribution in [-0.2, 0) is 17.6 Å². The van der Waals surface area contributed by atoms with Crippen LogP contribution in [0.3, 0.4) is 0 Å². The molecule has 5 heteroatoms. The number of aliphatic imine (C=N–C) groups is 1. The molecule has 0 saturated carbocycles. The Hall–Kier alpha value is -0.810. The smallest absolute Gasteiger partial charge is 0.257 e. The number of fused-ring (bicyclic) bond motifs is 1. The van der Waals surface area contributed by atoms with Crippen molar-refractivity contribution >= 4 is 39.1 Å².